The maximum Gasteiger partial charge on any atom is 0.247 e. The van der Waals surface area contributed by atoms with Gasteiger partial charge in [0, 0.05) is 21.4 Å². The van der Waals surface area contributed by atoms with Gasteiger partial charge >= 0.3 is 0 Å². The molecule has 7 heteroatoms. The fourth-order valence-electron chi connectivity index (χ4n) is 4.06. The molecular weight excluding hydrogens is 431 g/mol. The highest BCUT2D eigenvalue weighted by Gasteiger charge is 2.35. The van der Waals surface area contributed by atoms with Crippen molar-refractivity contribution in [2.45, 2.75) is 50.7 Å². The van der Waals surface area contributed by atoms with E-state index >= 15 is 0 Å². The van der Waals surface area contributed by atoms with Gasteiger partial charge in [0.25, 0.3) is 0 Å². The number of nitrogens with zero attached hydrogens (tertiary/aromatic N) is 1. The van der Waals surface area contributed by atoms with Crippen LogP contribution in [0.1, 0.15) is 47.0 Å². The summed E-state index contributed by atoms with van der Waals surface area (Å²) in [6, 6.07) is 13.0. The predicted octanol–water partition coefficient (Wildman–Crippen LogP) is 5.32. The monoisotopic (exact) mass is 456 g/mol. The number of carbonyl (C=O) groups is 2. The second-order valence-corrected chi connectivity index (χ2v) is 9.84. The normalized spacial score (nSPS) is 15.0. The van der Waals surface area contributed by atoms with E-state index in [1.54, 1.807) is 18.2 Å². The molecule has 0 saturated heterocycles. The van der Waals surface area contributed by atoms with Gasteiger partial charge in [0.1, 0.15) is 11.9 Å². The molecule has 31 heavy (non-hydrogen) atoms. The van der Waals surface area contributed by atoms with Gasteiger partial charge in [-0.15, -0.1) is 22.7 Å². The molecule has 4 rings (SSSR count). The highest BCUT2D eigenvalue weighted by atomic mass is 32.1. The molecular formula is C24H25FN2O2S2. The van der Waals surface area contributed by atoms with Crippen LogP contribution < -0.4 is 5.32 Å². The van der Waals surface area contributed by atoms with Gasteiger partial charge in [-0.25, -0.2) is 4.39 Å². The zero-order chi connectivity index (χ0) is 21.6. The minimum atomic E-state index is -1.02. The number of carbonyl (C=O) groups excluding carboxylic acids is 2. The molecule has 4 nitrogen and oxygen atoms in total. The van der Waals surface area contributed by atoms with Crippen LogP contribution in [0.5, 0.6) is 0 Å². The van der Waals surface area contributed by atoms with Crippen LogP contribution in [0.3, 0.4) is 0 Å². The summed E-state index contributed by atoms with van der Waals surface area (Å²) < 4.78 is 14.9. The van der Waals surface area contributed by atoms with Crippen molar-refractivity contribution in [3.05, 3.63) is 80.4 Å². The Morgan fingerprint density at radius 2 is 1.68 bits per heavy atom. The molecule has 2 aromatic heterocycles. The van der Waals surface area contributed by atoms with Gasteiger partial charge in [-0.05, 0) is 41.8 Å². The lowest BCUT2D eigenvalue weighted by molar-refractivity contribution is -0.141. The first-order chi connectivity index (χ1) is 15.1. The van der Waals surface area contributed by atoms with Crippen LogP contribution in [-0.2, 0) is 22.6 Å². The summed E-state index contributed by atoms with van der Waals surface area (Å²) in [7, 11) is 0. The Labute approximate surface area is 189 Å². The topological polar surface area (TPSA) is 49.4 Å². The van der Waals surface area contributed by atoms with E-state index in [2.05, 4.69) is 5.32 Å². The van der Waals surface area contributed by atoms with Crippen LogP contribution in [0.4, 0.5) is 4.39 Å². The first kappa shape index (κ1) is 21.7. The third-order valence-corrected chi connectivity index (χ3v) is 7.33. The number of rotatable bonds is 8. The van der Waals surface area contributed by atoms with Crippen molar-refractivity contribution in [2.24, 2.45) is 0 Å². The first-order valence-corrected chi connectivity index (χ1v) is 12.3. The summed E-state index contributed by atoms with van der Waals surface area (Å²) in [5, 5.41) is 6.95. The van der Waals surface area contributed by atoms with Crippen LogP contribution in [0.2, 0.25) is 0 Å². The van der Waals surface area contributed by atoms with E-state index in [-0.39, 0.29) is 36.4 Å². The predicted molar refractivity (Wildman–Crippen MR) is 122 cm³/mol. The Balaban J connectivity index is 1.69. The molecule has 0 spiro atoms. The lowest BCUT2D eigenvalue weighted by Gasteiger charge is -2.32. The zero-order valence-corrected chi connectivity index (χ0v) is 18.8. The van der Waals surface area contributed by atoms with Crippen molar-refractivity contribution in [3.8, 4) is 0 Å². The molecule has 2 amide bonds. The molecule has 0 bridgehead atoms. The van der Waals surface area contributed by atoms with Crippen LogP contribution in [0.25, 0.3) is 0 Å². The molecule has 1 aromatic carbocycles. The fraction of sp³-hybridized carbons (Fsp3) is 0.333. The maximum atomic E-state index is 14.9. The lowest BCUT2D eigenvalue weighted by Crippen LogP contribution is -2.46. The quantitative estimate of drug-likeness (QED) is 0.499. The average molecular weight is 457 g/mol. The standard InChI is InChI=1S/C24H25FN2O2S2/c25-21-12-4-3-11-20(21)23(24(29)26-17-7-1-2-8-17)27(16-19-10-6-14-31-19)22(28)15-18-9-5-13-30-18/h3-6,9-14,17,23H,1-2,7-8,15-16H2,(H,26,29). The van der Waals surface area contributed by atoms with E-state index in [0.717, 1.165) is 35.4 Å². The minimum Gasteiger partial charge on any atom is -0.351 e. The summed E-state index contributed by atoms with van der Waals surface area (Å²) in [5.41, 5.74) is 0.231. The molecule has 1 saturated carbocycles. The highest BCUT2D eigenvalue weighted by molar-refractivity contribution is 7.10. The Hall–Kier alpha value is -2.51. The summed E-state index contributed by atoms with van der Waals surface area (Å²) in [6.45, 7) is 0.263. The number of benzene rings is 1. The molecule has 1 atom stereocenters. The number of hydrogen-bond acceptors (Lipinski definition) is 4. The Morgan fingerprint density at radius 3 is 2.32 bits per heavy atom. The first-order valence-electron chi connectivity index (χ1n) is 10.5. The number of hydrogen-bond donors (Lipinski definition) is 1. The van der Waals surface area contributed by atoms with Gasteiger partial charge in [-0.1, -0.05) is 43.2 Å². The van der Waals surface area contributed by atoms with Crippen molar-refractivity contribution >= 4 is 34.5 Å². The highest BCUT2D eigenvalue weighted by Crippen LogP contribution is 2.29. The minimum absolute atomic E-state index is 0.0813. The Morgan fingerprint density at radius 1 is 1.00 bits per heavy atom. The molecule has 1 aliphatic carbocycles. The Kier molecular flexibility index (Phi) is 7.14. The van der Waals surface area contributed by atoms with E-state index in [1.807, 2.05) is 35.0 Å². The average Bonchev–Trinajstić information content (AvgIpc) is 3.53. The van der Waals surface area contributed by atoms with E-state index < -0.39 is 11.9 Å². The van der Waals surface area contributed by atoms with Gasteiger partial charge in [0.15, 0.2) is 0 Å². The number of nitrogens with one attached hydrogen (secondary N) is 1. The summed E-state index contributed by atoms with van der Waals surface area (Å²) in [6.07, 6.45) is 4.18. The second kappa shape index (κ2) is 10.2. The van der Waals surface area contributed by atoms with Crippen molar-refractivity contribution < 1.29 is 14.0 Å². The van der Waals surface area contributed by atoms with Crippen molar-refractivity contribution in [1.82, 2.24) is 10.2 Å². The fourth-order valence-corrected chi connectivity index (χ4v) is 5.45. The number of amides is 2. The SMILES string of the molecule is O=C(NC1CCCC1)C(c1ccccc1F)N(Cc1cccs1)C(=O)Cc1cccs1. The smallest absolute Gasteiger partial charge is 0.247 e. The summed E-state index contributed by atoms with van der Waals surface area (Å²) >= 11 is 3.02. The van der Waals surface area contributed by atoms with E-state index in [4.69, 9.17) is 0 Å². The largest absolute Gasteiger partial charge is 0.351 e. The molecule has 3 aromatic rings. The van der Waals surface area contributed by atoms with Crippen LogP contribution in [0.15, 0.2) is 59.3 Å². The molecule has 1 unspecified atom stereocenters. The molecule has 1 aliphatic rings. The molecule has 1 fully saturated rings. The third-order valence-electron chi connectivity index (χ3n) is 5.59. The van der Waals surface area contributed by atoms with E-state index in [9.17, 15) is 14.0 Å². The molecule has 1 N–H and O–H groups in total. The van der Waals surface area contributed by atoms with Gasteiger partial charge < -0.3 is 10.2 Å². The van der Waals surface area contributed by atoms with Gasteiger partial charge in [0.05, 0.1) is 13.0 Å². The van der Waals surface area contributed by atoms with Crippen LogP contribution in [0, 0.1) is 5.82 Å². The maximum absolute atomic E-state index is 14.9. The zero-order valence-electron chi connectivity index (χ0n) is 17.1. The second-order valence-electron chi connectivity index (χ2n) is 7.77. The van der Waals surface area contributed by atoms with Crippen LogP contribution in [-0.4, -0.2) is 22.8 Å². The molecule has 2 heterocycles. The van der Waals surface area contributed by atoms with Crippen LogP contribution >= 0.6 is 22.7 Å². The summed E-state index contributed by atoms with van der Waals surface area (Å²) in [4.78, 5) is 30.3. The number of thiophene rings is 2. The van der Waals surface area contributed by atoms with E-state index in [0.29, 0.717) is 0 Å². The van der Waals surface area contributed by atoms with Gasteiger partial charge in [-0.3, -0.25) is 9.59 Å². The molecule has 0 radical (unpaired) electrons. The van der Waals surface area contributed by atoms with E-state index in [1.165, 1.54) is 33.6 Å². The lowest BCUT2D eigenvalue weighted by atomic mass is 10.0. The van der Waals surface area contributed by atoms with Gasteiger partial charge in [0.2, 0.25) is 11.8 Å². The Bertz CT molecular complexity index is 999. The van der Waals surface area contributed by atoms with Crippen molar-refractivity contribution in [1.29, 1.82) is 0 Å². The molecule has 0 aliphatic heterocycles. The third kappa shape index (κ3) is 5.40. The van der Waals surface area contributed by atoms with Crippen molar-refractivity contribution in [2.75, 3.05) is 0 Å². The molecule has 162 valence electrons. The number of halogens is 1. The summed E-state index contributed by atoms with van der Waals surface area (Å²) in [5.74, 6) is -0.979. The van der Waals surface area contributed by atoms with Gasteiger partial charge in [-0.2, -0.15) is 0 Å². The van der Waals surface area contributed by atoms with Crippen molar-refractivity contribution in [3.63, 3.8) is 0 Å².